The summed E-state index contributed by atoms with van der Waals surface area (Å²) in [6, 6.07) is 3.15. The molecule has 2 aromatic rings. The van der Waals surface area contributed by atoms with E-state index in [4.69, 9.17) is 10.3 Å². The third-order valence-corrected chi connectivity index (χ3v) is 3.35. The van der Waals surface area contributed by atoms with Gasteiger partial charge in [-0.25, -0.2) is 15.3 Å². The maximum atomic E-state index is 12.1. The van der Waals surface area contributed by atoms with Crippen LogP contribution in [0.25, 0.3) is 0 Å². The van der Waals surface area contributed by atoms with Crippen LogP contribution in [-0.2, 0) is 19.5 Å². The number of nitrogens with one attached hydrogen (secondary N) is 1. The van der Waals surface area contributed by atoms with Crippen molar-refractivity contribution >= 4 is 5.91 Å². The van der Waals surface area contributed by atoms with Gasteiger partial charge in [0.15, 0.2) is 5.76 Å². The van der Waals surface area contributed by atoms with Crippen LogP contribution in [0, 0.1) is 0 Å². The topological polar surface area (TPSA) is 108 Å². The van der Waals surface area contributed by atoms with E-state index in [1.807, 2.05) is 5.43 Å². The molecule has 1 aliphatic heterocycles. The lowest BCUT2D eigenvalue weighted by Gasteiger charge is -2.09. The molecule has 2 aromatic heterocycles. The second kappa shape index (κ2) is 4.97. The maximum absolute atomic E-state index is 12.1. The van der Waals surface area contributed by atoms with Crippen molar-refractivity contribution in [2.45, 2.75) is 32.4 Å². The van der Waals surface area contributed by atoms with Crippen molar-refractivity contribution < 1.29 is 9.21 Å². The van der Waals surface area contributed by atoms with E-state index in [0.29, 0.717) is 12.3 Å². The number of nitrogens with zero attached hydrogens (tertiary/aromatic N) is 3. The highest BCUT2D eigenvalue weighted by atomic mass is 16.4. The van der Waals surface area contributed by atoms with E-state index in [2.05, 4.69) is 5.10 Å². The molecule has 8 nitrogen and oxygen atoms in total. The van der Waals surface area contributed by atoms with E-state index in [9.17, 15) is 9.59 Å². The molecule has 8 heteroatoms. The first-order chi connectivity index (χ1) is 9.69. The van der Waals surface area contributed by atoms with Gasteiger partial charge in [0.1, 0.15) is 18.1 Å². The van der Waals surface area contributed by atoms with Gasteiger partial charge < -0.3 is 4.42 Å². The number of carbonyl (C=O) groups is 1. The molecule has 3 rings (SSSR count). The Morgan fingerprint density at radius 2 is 2.30 bits per heavy atom. The minimum absolute atomic E-state index is 0.111. The monoisotopic (exact) mass is 277 g/mol. The lowest BCUT2D eigenvalue weighted by molar-refractivity contribution is 0.0924. The Bertz CT molecular complexity index is 696. The lowest BCUT2D eigenvalue weighted by Crippen LogP contribution is -2.29. The summed E-state index contributed by atoms with van der Waals surface area (Å²) in [6.07, 6.45) is 2.87. The summed E-state index contributed by atoms with van der Waals surface area (Å²) in [7, 11) is 0. The molecule has 1 aliphatic rings. The van der Waals surface area contributed by atoms with Crippen LogP contribution >= 0.6 is 0 Å². The van der Waals surface area contributed by atoms with E-state index < -0.39 is 5.91 Å². The zero-order valence-corrected chi connectivity index (χ0v) is 10.8. The van der Waals surface area contributed by atoms with Crippen LogP contribution in [0.15, 0.2) is 21.3 Å². The van der Waals surface area contributed by atoms with E-state index in [0.717, 1.165) is 25.1 Å². The minimum atomic E-state index is -0.507. The van der Waals surface area contributed by atoms with Crippen LogP contribution in [0.2, 0.25) is 0 Å². The molecule has 3 heterocycles. The number of hydrogen-bond acceptors (Lipinski definition) is 5. The fourth-order valence-electron chi connectivity index (χ4n) is 2.36. The number of furan rings is 1. The molecular formula is C12H15N5O3. The van der Waals surface area contributed by atoms with Crippen molar-refractivity contribution in [2.75, 3.05) is 0 Å². The van der Waals surface area contributed by atoms with Gasteiger partial charge >= 0.3 is 11.6 Å². The number of hydrazine groups is 1. The van der Waals surface area contributed by atoms with Crippen LogP contribution in [0.1, 0.15) is 35.0 Å². The van der Waals surface area contributed by atoms with Gasteiger partial charge in [-0.15, -0.1) is 0 Å². The summed E-state index contributed by atoms with van der Waals surface area (Å²) in [5.41, 5.74) is 1.85. The van der Waals surface area contributed by atoms with E-state index >= 15 is 0 Å². The SMILES string of the molecule is NNC(=O)c1ccc(Cn2nc3n(c2=O)CCCC3)o1. The molecule has 0 radical (unpaired) electrons. The van der Waals surface area contributed by atoms with E-state index in [1.165, 1.54) is 10.7 Å². The van der Waals surface area contributed by atoms with Crippen molar-refractivity contribution in [2.24, 2.45) is 5.84 Å². The summed E-state index contributed by atoms with van der Waals surface area (Å²) < 4.78 is 8.39. The summed E-state index contributed by atoms with van der Waals surface area (Å²) >= 11 is 0. The third kappa shape index (κ3) is 2.14. The predicted octanol–water partition coefficient (Wildman–Crippen LogP) is -0.374. The number of rotatable bonds is 3. The predicted molar refractivity (Wildman–Crippen MR) is 68.9 cm³/mol. The summed E-state index contributed by atoms with van der Waals surface area (Å²) in [5.74, 6) is 5.93. The third-order valence-electron chi connectivity index (χ3n) is 3.35. The number of aryl methyl sites for hydroxylation is 1. The quantitative estimate of drug-likeness (QED) is 0.452. The lowest BCUT2D eigenvalue weighted by atomic mass is 10.2. The number of amides is 1. The van der Waals surface area contributed by atoms with Crippen LogP contribution in [0.4, 0.5) is 0 Å². The minimum Gasteiger partial charge on any atom is -0.454 e. The average Bonchev–Trinajstić information content (AvgIpc) is 3.05. The van der Waals surface area contributed by atoms with Gasteiger partial charge in [0.2, 0.25) is 0 Å². The number of carbonyl (C=O) groups excluding carboxylic acids is 1. The first-order valence-corrected chi connectivity index (χ1v) is 6.45. The average molecular weight is 277 g/mol. The molecule has 0 aliphatic carbocycles. The van der Waals surface area contributed by atoms with Gasteiger partial charge in [-0.3, -0.25) is 14.8 Å². The smallest absolute Gasteiger partial charge is 0.346 e. The molecular weight excluding hydrogens is 262 g/mol. The largest absolute Gasteiger partial charge is 0.454 e. The molecule has 0 atom stereocenters. The van der Waals surface area contributed by atoms with Crippen molar-refractivity contribution in [3.63, 3.8) is 0 Å². The van der Waals surface area contributed by atoms with E-state index in [1.54, 1.807) is 10.6 Å². The molecule has 0 fully saturated rings. The number of hydrogen-bond donors (Lipinski definition) is 2. The zero-order valence-electron chi connectivity index (χ0n) is 10.8. The number of nitrogen functional groups attached to an aromatic ring is 1. The standard InChI is InChI=1S/C12H15N5O3/c13-14-11(18)9-5-4-8(20-9)7-17-12(19)16-6-2-1-3-10(16)15-17/h4-5H,1-3,6-7,13H2,(H,14,18). The van der Waals surface area contributed by atoms with Crippen molar-refractivity contribution in [1.29, 1.82) is 0 Å². The Hall–Kier alpha value is -2.35. The molecule has 0 unspecified atom stereocenters. The van der Waals surface area contributed by atoms with Crippen LogP contribution in [0.3, 0.4) is 0 Å². The Labute approximate surface area is 114 Å². The highest BCUT2D eigenvalue weighted by Gasteiger charge is 2.18. The van der Waals surface area contributed by atoms with Crippen molar-refractivity contribution in [3.8, 4) is 0 Å². The summed E-state index contributed by atoms with van der Waals surface area (Å²) in [4.78, 5) is 23.4. The number of nitrogens with two attached hydrogens (primary N) is 1. The maximum Gasteiger partial charge on any atom is 0.346 e. The van der Waals surface area contributed by atoms with Gasteiger partial charge in [0.05, 0.1) is 0 Å². The first kappa shape index (κ1) is 12.7. The van der Waals surface area contributed by atoms with E-state index in [-0.39, 0.29) is 18.0 Å². The molecule has 106 valence electrons. The Morgan fingerprint density at radius 1 is 1.45 bits per heavy atom. The van der Waals surface area contributed by atoms with Gasteiger partial charge in [0.25, 0.3) is 0 Å². The molecule has 0 saturated carbocycles. The second-order valence-electron chi connectivity index (χ2n) is 4.70. The molecule has 0 aromatic carbocycles. The molecule has 0 spiro atoms. The second-order valence-corrected chi connectivity index (χ2v) is 4.70. The Kier molecular flexibility index (Phi) is 3.15. The molecule has 1 amide bonds. The number of fused-ring (bicyclic) bond motifs is 1. The van der Waals surface area contributed by atoms with Crippen LogP contribution in [-0.4, -0.2) is 20.3 Å². The first-order valence-electron chi connectivity index (χ1n) is 6.45. The number of aromatic nitrogens is 3. The van der Waals surface area contributed by atoms with Crippen LogP contribution in [0.5, 0.6) is 0 Å². The molecule has 0 saturated heterocycles. The molecule has 20 heavy (non-hydrogen) atoms. The zero-order chi connectivity index (χ0) is 14.1. The Balaban J connectivity index is 1.85. The van der Waals surface area contributed by atoms with Gasteiger partial charge in [-0.2, -0.15) is 5.10 Å². The summed E-state index contributed by atoms with van der Waals surface area (Å²) in [6.45, 7) is 0.920. The van der Waals surface area contributed by atoms with Crippen molar-refractivity contribution in [3.05, 3.63) is 40.0 Å². The molecule has 0 bridgehead atoms. The normalized spacial score (nSPS) is 14.1. The van der Waals surface area contributed by atoms with Gasteiger partial charge in [0, 0.05) is 13.0 Å². The highest BCUT2D eigenvalue weighted by Crippen LogP contribution is 2.11. The van der Waals surface area contributed by atoms with Crippen LogP contribution < -0.4 is 17.0 Å². The van der Waals surface area contributed by atoms with Gasteiger partial charge in [-0.1, -0.05) is 0 Å². The highest BCUT2D eigenvalue weighted by molar-refractivity contribution is 5.90. The molecule has 3 N–H and O–H groups in total. The summed E-state index contributed by atoms with van der Waals surface area (Å²) in [5, 5.41) is 4.30. The van der Waals surface area contributed by atoms with Gasteiger partial charge in [-0.05, 0) is 25.0 Å². The fourth-order valence-corrected chi connectivity index (χ4v) is 2.36. The Morgan fingerprint density at radius 3 is 3.05 bits per heavy atom. The van der Waals surface area contributed by atoms with Crippen molar-refractivity contribution in [1.82, 2.24) is 19.8 Å². The fraction of sp³-hybridized carbons (Fsp3) is 0.417.